The Morgan fingerprint density at radius 1 is 1.22 bits per heavy atom. The van der Waals surface area contributed by atoms with Crippen molar-refractivity contribution in [2.45, 2.75) is 50.0 Å². The summed E-state index contributed by atoms with van der Waals surface area (Å²) in [6.07, 6.45) is -6.72. The number of nitrogens with zero attached hydrogens (tertiary/aromatic N) is 2. The molecule has 5 nitrogen and oxygen atoms in total. The summed E-state index contributed by atoms with van der Waals surface area (Å²) in [5.74, 6) is -1.61. The molecule has 4 atom stereocenters. The number of nitrogens with one attached hydrogen (secondary N) is 1. The molecule has 0 bridgehead atoms. The lowest BCUT2D eigenvalue weighted by Gasteiger charge is -2.44. The van der Waals surface area contributed by atoms with Crippen molar-refractivity contribution in [1.82, 2.24) is 15.1 Å². The van der Waals surface area contributed by atoms with Crippen LogP contribution >= 0.6 is 0 Å². The molecule has 0 saturated carbocycles. The fourth-order valence-corrected chi connectivity index (χ4v) is 3.87. The standard InChI is InChI=1S/C17H17F5N4O/c18-9-1-2-11(19)10(3-9)15-12(23)4-14(16(27-15)17(20,21)22)26-6-8-5-24-25-13(8)7-26/h1-3,5,12,14-16H,4,6-7,23H2,(H,24,25)/t12?,14?,15-,16?/m1/s1. The van der Waals surface area contributed by atoms with Crippen LogP contribution in [0.3, 0.4) is 0 Å². The molecule has 3 heterocycles. The van der Waals surface area contributed by atoms with E-state index >= 15 is 0 Å². The third-order valence-corrected chi connectivity index (χ3v) is 5.14. The Kier molecular flexibility index (Phi) is 4.44. The van der Waals surface area contributed by atoms with Crippen molar-refractivity contribution in [2.24, 2.45) is 5.73 Å². The molecular formula is C17H17F5N4O. The Labute approximate surface area is 151 Å². The van der Waals surface area contributed by atoms with E-state index in [-0.39, 0.29) is 25.1 Å². The Morgan fingerprint density at radius 2 is 2.00 bits per heavy atom. The number of rotatable bonds is 2. The van der Waals surface area contributed by atoms with Crippen LogP contribution in [0.5, 0.6) is 0 Å². The van der Waals surface area contributed by atoms with Gasteiger partial charge in [-0.2, -0.15) is 18.3 Å². The zero-order valence-corrected chi connectivity index (χ0v) is 14.0. The molecule has 2 aliphatic heterocycles. The van der Waals surface area contributed by atoms with E-state index in [1.165, 1.54) is 0 Å². The number of halogens is 5. The number of H-pyrrole nitrogens is 1. The molecule has 1 aromatic carbocycles. The van der Waals surface area contributed by atoms with Crippen LogP contribution in [0.4, 0.5) is 22.0 Å². The number of hydrogen-bond donors (Lipinski definition) is 2. The van der Waals surface area contributed by atoms with Crippen molar-refractivity contribution in [2.75, 3.05) is 0 Å². The van der Waals surface area contributed by atoms with Crippen molar-refractivity contribution < 1.29 is 26.7 Å². The average Bonchev–Trinajstić information content (AvgIpc) is 3.17. The topological polar surface area (TPSA) is 67.2 Å². The number of aromatic amines is 1. The van der Waals surface area contributed by atoms with E-state index in [0.29, 0.717) is 0 Å². The third-order valence-electron chi connectivity index (χ3n) is 5.14. The molecule has 10 heteroatoms. The fraction of sp³-hybridized carbons (Fsp3) is 0.471. The van der Waals surface area contributed by atoms with Crippen LogP contribution in [0.25, 0.3) is 0 Å². The van der Waals surface area contributed by atoms with Gasteiger partial charge in [-0.05, 0) is 24.6 Å². The largest absolute Gasteiger partial charge is 0.416 e. The summed E-state index contributed by atoms with van der Waals surface area (Å²) in [7, 11) is 0. The van der Waals surface area contributed by atoms with Gasteiger partial charge in [0.15, 0.2) is 6.10 Å². The monoisotopic (exact) mass is 388 g/mol. The second-order valence-corrected chi connectivity index (χ2v) is 6.93. The molecule has 27 heavy (non-hydrogen) atoms. The first kappa shape index (κ1) is 18.3. The van der Waals surface area contributed by atoms with Crippen molar-refractivity contribution in [3.05, 3.63) is 52.9 Å². The molecule has 0 radical (unpaired) electrons. The van der Waals surface area contributed by atoms with Crippen LogP contribution in [0.1, 0.15) is 29.3 Å². The highest BCUT2D eigenvalue weighted by atomic mass is 19.4. The number of benzene rings is 1. The molecule has 0 amide bonds. The predicted octanol–water partition coefficient (Wildman–Crippen LogP) is 2.79. The second kappa shape index (κ2) is 6.54. The van der Waals surface area contributed by atoms with Gasteiger partial charge in [-0.1, -0.05) is 0 Å². The van der Waals surface area contributed by atoms with Crippen molar-refractivity contribution in [3.63, 3.8) is 0 Å². The van der Waals surface area contributed by atoms with Crippen molar-refractivity contribution >= 4 is 0 Å². The molecule has 0 aliphatic carbocycles. The highest BCUT2D eigenvalue weighted by Crippen LogP contribution is 2.42. The van der Waals surface area contributed by atoms with Crippen LogP contribution in [-0.4, -0.2) is 39.5 Å². The lowest BCUT2D eigenvalue weighted by atomic mass is 9.89. The Hall–Kier alpha value is -2.04. The van der Waals surface area contributed by atoms with Crippen molar-refractivity contribution in [1.29, 1.82) is 0 Å². The summed E-state index contributed by atoms with van der Waals surface area (Å²) in [5.41, 5.74) is 7.32. The van der Waals surface area contributed by atoms with Gasteiger partial charge in [0, 0.05) is 36.3 Å². The maximum absolute atomic E-state index is 14.1. The normalized spacial score (nSPS) is 29.1. The SMILES string of the molecule is NC1CC(N2Cc3cn[nH]c3C2)C(C(F)(F)F)O[C@@H]1c1cc(F)ccc1F. The van der Waals surface area contributed by atoms with Gasteiger partial charge in [-0.25, -0.2) is 8.78 Å². The lowest BCUT2D eigenvalue weighted by Crippen LogP contribution is -2.58. The number of alkyl halides is 3. The summed E-state index contributed by atoms with van der Waals surface area (Å²) < 4.78 is 74.0. The Balaban J connectivity index is 1.62. The summed E-state index contributed by atoms with van der Waals surface area (Å²) >= 11 is 0. The zero-order valence-electron chi connectivity index (χ0n) is 14.0. The minimum absolute atomic E-state index is 0.0670. The van der Waals surface area contributed by atoms with E-state index in [1.807, 2.05) is 0 Å². The molecule has 1 fully saturated rings. The first-order valence-corrected chi connectivity index (χ1v) is 8.42. The van der Waals surface area contributed by atoms with Gasteiger partial charge in [0.2, 0.25) is 0 Å². The fourth-order valence-electron chi connectivity index (χ4n) is 3.87. The van der Waals surface area contributed by atoms with E-state index in [0.717, 1.165) is 29.5 Å². The second-order valence-electron chi connectivity index (χ2n) is 6.93. The van der Waals surface area contributed by atoms with Gasteiger partial charge < -0.3 is 10.5 Å². The summed E-state index contributed by atoms with van der Waals surface area (Å²) in [4.78, 5) is 1.62. The number of nitrogens with two attached hydrogens (primary N) is 1. The molecule has 1 aromatic heterocycles. The summed E-state index contributed by atoms with van der Waals surface area (Å²) in [6.45, 7) is 0.555. The van der Waals surface area contributed by atoms with Gasteiger partial charge in [-0.15, -0.1) is 0 Å². The predicted molar refractivity (Wildman–Crippen MR) is 84.2 cm³/mol. The number of aromatic nitrogens is 2. The van der Waals surface area contributed by atoms with E-state index in [9.17, 15) is 22.0 Å². The average molecular weight is 388 g/mol. The molecule has 0 spiro atoms. The smallest absolute Gasteiger partial charge is 0.357 e. The minimum Gasteiger partial charge on any atom is -0.357 e. The van der Waals surface area contributed by atoms with E-state index in [1.54, 1.807) is 11.1 Å². The highest BCUT2D eigenvalue weighted by molar-refractivity contribution is 5.25. The molecule has 4 rings (SSSR count). The van der Waals surface area contributed by atoms with Crippen molar-refractivity contribution in [3.8, 4) is 0 Å². The first-order chi connectivity index (χ1) is 12.7. The highest BCUT2D eigenvalue weighted by Gasteiger charge is 2.54. The van der Waals surface area contributed by atoms with Crippen LogP contribution in [0.15, 0.2) is 24.4 Å². The molecule has 146 valence electrons. The Bertz CT molecular complexity index is 818. The quantitative estimate of drug-likeness (QED) is 0.777. The van der Waals surface area contributed by atoms with E-state index in [2.05, 4.69) is 10.2 Å². The van der Waals surface area contributed by atoms with E-state index < -0.39 is 42.1 Å². The zero-order chi connectivity index (χ0) is 19.3. The molecular weight excluding hydrogens is 371 g/mol. The lowest BCUT2D eigenvalue weighted by molar-refractivity contribution is -0.269. The number of hydrogen-bond acceptors (Lipinski definition) is 4. The van der Waals surface area contributed by atoms with Gasteiger partial charge in [0.25, 0.3) is 0 Å². The maximum Gasteiger partial charge on any atom is 0.416 e. The van der Waals surface area contributed by atoms with Gasteiger partial charge in [0.1, 0.15) is 17.7 Å². The van der Waals surface area contributed by atoms with Gasteiger partial charge in [-0.3, -0.25) is 10.00 Å². The van der Waals surface area contributed by atoms with Crippen LogP contribution < -0.4 is 5.73 Å². The summed E-state index contributed by atoms with van der Waals surface area (Å²) in [6, 6.07) is 0.633. The maximum atomic E-state index is 14.1. The first-order valence-electron chi connectivity index (χ1n) is 8.42. The molecule has 3 unspecified atom stereocenters. The van der Waals surface area contributed by atoms with Crippen LogP contribution in [0.2, 0.25) is 0 Å². The molecule has 2 aliphatic rings. The summed E-state index contributed by atoms with van der Waals surface area (Å²) in [5, 5.41) is 6.63. The van der Waals surface area contributed by atoms with Crippen LogP contribution in [-0.2, 0) is 17.8 Å². The minimum atomic E-state index is -4.68. The number of fused-ring (bicyclic) bond motifs is 1. The number of ether oxygens (including phenoxy) is 1. The third kappa shape index (κ3) is 3.32. The van der Waals surface area contributed by atoms with Crippen LogP contribution in [0, 0.1) is 11.6 Å². The van der Waals surface area contributed by atoms with Gasteiger partial charge >= 0.3 is 6.18 Å². The molecule has 3 N–H and O–H groups in total. The van der Waals surface area contributed by atoms with Gasteiger partial charge in [0.05, 0.1) is 11.9 Å². The van der Waals surface area contributed by atoms with E-state index in [4.69, 9.17) is 10.5 Å². The molecule has 1 saturated heterocycles. The molecule has 2 aromatic rings. The Morgan fingerprint density at radius 3 is 2.70 bits per heavy atom.